The molecule has 106 valence electrons. The maximum Gasteiger partial charge on any atom is 0.270 e. The molecule has 3 aromatic rings. The van der Waals surface area contributed by atoms with E-state index in [0.717, 1.165) is 33.0 Å². The zero-order valence-corrected chi connectivity index (χ0v) is 11.1. The van der Waals surface area contributed by atoms with Gasteiger partial charge in [-0.05, 0) is 39.1 Å². The van der Waals surface area contributed by atoms with Crippen molar-refractivity contribution in [3.05, 3.63) is 68.8 Å². The summed E-state index contributed by atoms with van der Waals surface area (Å²) in [5.74, 6) is 0. The number of nitrogens with zero attached hydrogens (tertiary/aromatic N) is 2. The van der Waals surface area contributed by atoms with Crippen LogP contribution >= 0.6 is 0 Å². The van der Waals surface area contributed by atoms with Crippen molar-refractivity contribution in [2.24, 2.45) is 0 Å². The summed E-state index contributed by atoms with van der Waals surface area (Å²) in [4.78, 5) is 21.2. The second kappa shape index (κ2) is 4.11. The molecule has 0 atom stereocenters. The molecule has 3 aromatic carbocycles. The van der Waals surface area contributed by atoms with Crippen LogP contribution in [0, 0.1) is 20.2 Å². The van der Waals surface area contributed by atoms with E-state index in [1.54, 1.807) is 12.1 Å². The third-order valence-corrected chi connectivity index (χ3v) is 3.97. The molecule has 0 N–H and O–H groups in total. The summed E-state index contributed by atoms with van der Waals surface area (Å²) in [6.45, 7) is 0. The molecule has 1 aliphatic carbocycles. The van der Waals surface area contributed by atoms with Gasteiger partial charge in [-0.1, -0.05) is 18.2 Å². The Morgan fingerprint density at radius 2 is 1.41 bits per heavy atom. The van der Waals surface area contributed by atoms with Crippen molar-refractivity contribution in [1.82, 2.24) is 0 Å². The number of non-ortho nitro benzene ring substituents is 2. The lowest BCUT2D eigenvalue weighted by Gasteiger charge is -2.02. The molecule has 6 nitrogen and oxygen atoms in total. The Morgan fingerprint density at radius 1 is 0.682 bits per heavy atom. The smallest absolute Gasteiger partial charge is 0.258 e. The van der Waals surface area contributed by atoms with Crippen LogP contribution in [0.4, 0.5) is 11.4 Å². The van der Waals surface area contributed by atoms with E-state index in [1.807, 2.05) is 12.1 Å². The van der Waals surface area contributed by atoms with Crippen LogP contribution in [0.15, 0.2) is 48.5 Å². The van der Waals surface area contributed by atoms with Crippen LogP contribution in [0.2, 0.25) is 0 Å². The largest absolute Gasteiger partial charge is 0.270 e. The van der Waals surface area contributed by atoms with Gasteiger partial charge in [0.25, 0.3) is 11.4 Å². The van der Waals surface area contributed by atoms with Crippen LogP contribution < -0.4 is 0 Å². The minimum Gasteiger partial charge on any atom is -0.258 e. The van der Waals surface area contributed by atoms with E-state index in [1.165, 1.54) is 24.3 Å². The zero-order chi connectivity index (χ0) is 15.4. The van der Waals surface area contributed by atoms with Crippen LogP contribution in [0.1, 0.15) is 0 Å². The van der Waals surface area contributed by atoms with E-state index >= 15 is 0 Å². The van der Waals surface area contributed by atoms with Gasteiger partial charge in [0.15, 0.2) is 0 Å². The van der Waals surface area contributed by atoms with Crippen LogP contribution in [-0.4, -0.2) is 9.85 Å². The Morgan fingerprint density at radius 3 is 2.14 bits per heavy atom. The molecule has 0 bridgehead atoms. The highest BCUT2D eigenvalue weighted by Crippen LogP contribution is 2.49. The monoisotopic (exact) mass is 292 g/mol. The summed E-state index contributed by atoms with van der Waals surface area (Å²) in [6, 6.07) is 13.2. The molecule has 22 heavy (non-hydrogen) atoms. The third kappa shape index (κ3) is 1.54. The lowest BCUT2D eigenvalue weighted by atomic mass is 10.0. The third-order valence-electron chi connectivity index (χ3n) is 3.97. The second-order valence-electron chi connectivity index (χ2n) is 5.14. The predicted molar refractivity (Wildman–Crippen MR) is 81.7 cm³/mol. The maximum atomic E-state index is 11.1. The van der Waals surface area contributed by atoms with Gasteiger partial charge in [-0.15, -0.1) is 0 Å². The highest BCUT2D eigenvalue weighted by molar-refractivity contribution is 6.16. The van der Waals surface area contributed by atoms with Gasteiger partial charge in [0.05, 0.1) is 9.85 Å². The number of nitro benzene ring substituents is 2. The Bertz CT molecular complexity index is 995. The van der Waals surface area contributed by atoms with Crippen molar-refractivity contribution in [3.8, 4) is 22.3 Å². The first kappa shape index (κ1) is 12.5. The van der Waals surface area contributed by atoms with Gasteiger partial charge in [0.1, 0.15) is 0 Å². The predicted octanol–water partition coefficient (Wildman–Crippen LogP) is 4.30. The highest BCUT2D eigenvalue weighted by Gasteiger charge is 2.25. The number of fused-ring (bicyclic) bond motifs is 3. The topological polar surface area (TPSA) is 86.3 Å². The summed E-state index contributed by atoms with van der Waals surface area (Å²) in [5, 5.41) is 23.7. The summed E-state index contributed by atoms with van der Waals surface area (Å²) in [7, 11) is 0. The van der Waals surface area contributed by atoms with Gasteiger partial charge in [-0.25, -0.2) is 0 Å². The molecule has 0 unspecified atom stereocenters. The first-order valence-corrected chi connectivity index (χ1v) is 6.56. The van der Waals surface area contributed by atoms with E-state index < -0.39 is 9.85 Å². The van der Waals surface area contributed by atoms with Crippen LogP contribution in [-0.2, 0) is 0 Å². The molecule has 1 aliphatic rings. The molecule has 4 rings (SSSR count). The van der Waals surface area contributed by atoms with Crippen molar-refractivity contribution in [3.63, 3.8) is 0 Å². The minimum atomic E-state index is -0.439. The van der Waals surface area contributed by atoms with Crippen molar-refractivity contribution < 1.29 is 9.85 Å². The molecule has 0 fully saturated rings. The molecule has 0 heterocycles. The quantitative estimate of drug-likeness (QED) is 0.407. The molecule has 0 radical (unpaired) electrons. The van der Waals surface area contributed by atoms with Gasteiger partial charge < -0.3 is 0 Å². The van der Waals surface area contributed by atoms with E-state index in [4.69, 9.17) is 0 Å². The Hall–Kier alpha value is -3.28. The standard InChI is InChI=1S/C16H8N2O4/c19-17(20)10-4-5-12-14(7-10)13-3-1-2-9-6-11(18(21)22)8-15(12)16(9)13/h1-8H. The van der Waals surface area contributed by atoms with E-state index in [0.29, 0.717) is 0 Å². The average molecular weight is 292 g/mol. The molecule has 0 saturated carbocycles. The Kier molecular flexibility index (Phi) is 2.33. The number of nitro groups is 2. The summed E-state index contributed by atoms with van der Waals surface area (Å²) in [6.07, 6.45) is 0. The molecule has 0 saturated heterocycles. The van der Waals surface area contributed by atoms with Gasteiger partial charge >= 0.3 is 0 Å². The Labute approximate surface area is 123 Å². The lowest BCUT2D eigenvalue weighted by molar-refractivity contribution is -0.384. The molecule has 0 amide bonds. The average Bonchev–Trinajstić information content (AvgIpc) is 2.83. The van der Waals surface area contributed by atoms with E-state index in [9.17, 15) is 20.2 Å². The SMILES string of the molecule is O=[N+]([O-])c1ccc2c(c1)-c1cccc3cc([N+](=O)[O-])cc-2c13. The molecule has 6 heteroatoms. The summed E-state index contributed by atoms with van der Waals surface area (Å²) in [5.41, 5.74) is 3.20. The fourth-order valence-corrected chi connectivity index (χ4v) is 3.06. The fourth-order valence-electron chi connectivity index (χ4n) is 3.06. The maximum absolute atomic E-state index is 11.1. The van der Waals surface area contributed by atoms with Gasteiger partial charge in [-0.2, -0.15) is 0 Å². The normalized spacial score (nSPS) is 11.5. The Balaban J connectivity index is 2.11. The molecular formula is C16H8N2O4. The van der Waals surface area contributed by atoms with Crippen LogP contribution in [0.5, 0.6) is 0 Å². The number of hydrogen-bond donors (Lipinski definition) is 0. The van der Waals surface area contributed by atoms with Crippen LogP contribution in [0.3, 0.4) is 0 Å². The fraction of sp³-hybridized carbons (Fsp3) is 0. The van der Waals surface area contributed by atoms with E-state index in [2.05, 4.69) is 0 Å². The number of rotatable bonds is 2. The summed E-state index contributed by atoms with van der Waals surface area (Å²) < 4.78 is 0. The zero-order valence-electron chi connectivity index (χ0n) is 11.1. The molecule has 0 aromatic heterocycles. The van der Waals surface area contributed by atoms with Crippen LogP contribution in [0.25, 0.3) is 33.0 Å². The first-order chi connectivity index (χ1) is 10.6. The highest BCUT2D eigenvalue weighted by atomic mass is 16.6. The van der Waals surface area contributed by atoms with Gasteiger partial charge in [0.2, 0.25) is 0 Å². The lowest BCUT2D eigenvalue weighted by Crippen LogP contribution is -1.89. The van der Waals surface area contributed by atoms with Crippen molar-refractivity contribution in [2.75, 3.05) is 0 Å². The van der Waals surface area contributed by atoms with Gasteiger partial charge in [-0.3, -0.25) is 20.2 Å². The number of benzene rings is 3. The van der Waals surface area contributed by atoms with E-state index in [-0.39, 0.29) is 11.4 Å². The second-order valence-corrected chi connectivity index (χ2v) is 5.14. The van der Waals surface area contributed by atoms with Crippen molar-refractivity contribution in [2.45, 2.75) is 0 Å². The minimum absolute atomic E-state index is 0.0121. The summed E-state index contributed by atoms with van der Waals surface area (Å²) >= 11 is 0. The molecule has 0 aliphatic heterocycles. The number of hydrogen-bond acceptors (Lipinski definition) is 4. The van der Waals surface area contributed by atoms with Gasteiger partial charge in [0, 0.05) is 24.3 Å². The molecule has 0 spiro atoms. The van der Waals surface area contributed by atoms with Crippen molar-refractivity contribution in [1.29, 1.82) is 0 Å². The first-order valence-electron chi connectivity index (χ1n) is 6.56. The van der Waals surface area contributed by atoms with Crippen molar-refractivity contribution >= 4 is 22.1 Å². The molecular weight excluding hydrogens is 284 g/mol.